The van der Waals surface area contributed by atoms with E-state index in [2.05, 4.69) is 27.8 Å². The number of aliphatic hydroxyl groups excluding tert-OH is 1. The quantitative estimate of drug-likeness (QED) is 0.0590. The third-order valence-electron chi connectivity index (χ3n) is 10.7. The molecule has 296 valence electrons. The predicted octanol–water partition coefficient (Wildman–Crippen LogP) is 6.43. The van der Waals surface area contributed by atoms with E-state index in [0.29, 0.717) is 44.5 Å². The zero-order valence-electron chi connectivity index (χ0n) is 31.9. The molecule has 1 aromatic heterocycles. The molecule has 0 radical (unpaired) electrons. The molecular formula is C44H51FN4O7. The van der Waals surface area contributed by atoms with Gasteiger partial charge in [-0.2, -0.15) is 0 Å². The molecule has 0 bridgehead atoms. The zero-order chi connectivity index (χ0) is 39.7. The number of ether oxygens (including phenoxy) is 2. The molecule has 0 saturated carbocycles. The second-order valence-electron chi connectivity index (χ2n) is 15.1. The SMILES string of the molecule is CC(C)C(NC(=O)COC1(CCc2ccc([C@@H]3[C@@H](CCC(O)c4ccc(F)cc4)C(=O)N3c3ccc(CCCNc4ccccn4)cc3)cc2)COC1)C(=O)O. The van der Waals surface area contributed by atoms with Crippen molar-refractivity contribution in [3.63, 3.8) is 0 Å². The van der Waals surface area contributed by atoms with E-state index in [0.717, 1.165) is 42.0 Å². The number of β-lactam (4-membered cyclic amide) rings is 1. The minimum absolute atomic E-state index is 0.00567. The van der Waals surface area contributed by atoms with Gasteiger partial charge in [-0.1, -0.05) is 68.4 Å². The van der Waals surface area contributed by atoms with E-state index in [9.17, 15) is 29.0 Å². The Hall–Kier alpha value is -5.17. The fourth-order valence-electron chi connectivity index (χ4n) is 7.32. The third kappa shape index (κ3) is 10.2. The summed E-state index contributed by atoms with van der Waals surface area (Å²) in [4.78, 5) is 44.0. The van der Waals surface area contributed by atoms with E-state index in [1.807, 2.05) is 59.5 Å². The molecule has 12 heteroatoms. The molecule has 2 saturated heterocycles. The maximum atomic E-state index is 13.8. The molecule has 4 aromatic rings. The van der Waals surface area contributed by atoms with Crippen molar-refractivity contribution >= 4 is 29.3 Å². The summed E-state index contributed by atoms with van der Waals surface area (Å²) >= 11 is 0. The number of hydrogen-bond donors (Lipinski definition) is 4. The zero-order valence-corrected chi connectivity index (χ0v) is 31.9. The van der Waals surface area contributed by atoms with Gasteiger partial charge in [0.05, 0.1) is 31.3 Å². The number of carboxylic acid groups (broad SMARTS) is 1. The van der Waals surface area contributed by atoms with Crippen molar-refractivity contribution in [2.45, 2.75) is 76.2 Å². The third-order valence-corrected chi connectivity index (χ3v) is 10.7. The average Bonchev–Trinajstić information content (AvgIpc) is 3.18. The Labute approximate surface area is 327 Å². The summed E-state index contributed by atoms with van der Waals surface area (Å²) in [6, 6.07) is 26.6. The molecule has 2 fully saturated rings. The van der Waals surface area contributed by atoms with Gasteiger partial charge in [-0.25, -0.2) is 14.2 Å². The van der Waals surface area contributed by atoms with E-state index in [4.69, 9.17) is 9.47 Å². The average molecular weight is 767 g/mol. The molecule has 0 spiro atoms. The number of anilines is 2. The minimum Gasteiger partial charge on any atom is -0.480 e. The maximum Gasteiger partial charge on any atom is 0.326 e. The van der Waals surface area contributed by atoms with Crippen LogP contribution in [0.5, 0.6) is 0 Å². The number of halogens is 1. The standard InChI is InChI=1S/C44H51FN4O7/c1-29(2)40(43(53)54)48-39(51)26-56-44(27-55-28-44)23-22-31-8-12-33(13-9-31)41-36(20-21-37(50)32-14-16-34(45)17-15-32)42(52)49(41)35-18-10-30(11-19-35)6-5-25-47-38-7-3-4-24-46-38/h3-4,7-19,24,29,36-37,40-41,50H,5-6,20-23,25-28H2,1-2H3,(H,46,47)(H,48,51)(H,53,54)/t36-,37?,40?,41-/m1/s1. The highest BCUT2D eigenvalue weighted by Crippen LogP contribution is 2.46. The number of carbonyl (C=O) groups is 3. The Balaban J connectivity index is 1.09. The van der Waals surface area contributed by atoms with Crippen LogP contribution in [0.15, 0.2) is 97.2 Å². The first-order chi connectivity index (χ1) is 27.0. The molecule has 3 heterocycles. The van der Waals surface area contributed by atoms with Crippen LogP contribution in [0.25, 0.3) is 0 Å². The monoisotopic (exact) mass is 766 g/mol. The van der Waals surface area contributed by atoms with Gasteiger partial charge >= 0.3 is 5.97 Å². The van der Waals surface area contributed by atoms with E-state index < -0.39 is 29.6 Å². The van der Waals surface area contributed by atoms with E-state index in [1.54, 1.807) is 32.2 Å². The number of nitrogens with zero attached hydrogens (tertiary/aromatic N) is 2. The topological polar surface area (TPSA) is 150 Å². The molecule has 2 aliphatic rings. The highest BCUT2D eigenvalue weighted by molar-refractivity contribution is 6.03. The first-order valence-electron chi connectivity index (χ1n) is 19.3. The number of pyridine rings is 1. The number of amides is 2. The largest absolute Gasteiger partial charge is 0.480 e. The number of rotatable bonds is 20. The second kappa shape index (κ2) is 18.6. The van der Waals surface area contributed by atoms with Crippen molar-refractivity contribution in [2.24, 2.45) is 11.8 Å². The minimum atomic E-state index is -1.09. The number of benzene rings is 3. The Kier molecular flexibility index (Phi) is 13.5. The summed E-state index contributed by atoms with van der Waals surface area (Å²) in [7, 11) is 0. The van der Waals surface area contributed by atoms with Crippen molar-refractivity contribution in [3.05, 3.63) is 125 Å². The summed E-state index contributed by atoms with van der Waals surface area (Å²) in [5.74, 6) is -1.71. The lowest BCUT2D eigenvalue weighted by molar-refractivity contribution is -0.212. The van der Waals surface area contributed by atoms with Crippen molar-refractivity contribution in [1.82, 2.24) is 10.3 Å². The number of aromatic nitrogens is 1. The first-order valence-corrected chi connectivity index (χ1v) is 19.3. The Bertz CT molecular complexity index is 1900. The number of hydrogen-bond acceptors (Lipinski definition) is 8. The van der Waals surface area contributed by atoms with Crippen LogP contribution in [-0.2, 0) is 36.7 Å². The van der Waals surface area contributed by atoms with Gasteiger partial charge in [0.15, 0.2) is 0 Å². The molecule has 4 N–H and O–H groups in total. The summed E-state index contributed by atoms with van der Waals surface area (Å²) < 4.78 is 25.0. The number of aliphatic hydroxyl groups is 1. The van der Waals surface area contributed by atoms with Gasteiger partial charge in [0.1, 0.15) is 29.9 Å². The van der Waals surface area contributed by atoms with Crippen LogP contribution in [0.1, 0.15) is 73.9 Å². The first kappa shape index (κ1) is 40.5. The highest BCUT2D eigenvalue weighted by Gasteiger charge is 2.48. The van der Waals surface area contributed by atoms with Crippen LogP contribution in [0.4, 0.5) is 15.9 Å². The number of carbonyl (C=O) groups excluding carboxylic acids is 2. The Morgan fingerprint density at radius 1 is 0.982 bits per heavy atom. The normalized spacial score (nSPS) is 18.4. The number of nitrogens with one attached hydrogen (secondary N) is 2. The molecule has 6 rings (SSSR count). The fourth-order valence-corrected chi connectivity index (χ4v) is 7.32. The lowest BCUT2D eigenvalue weighted by Gasteiger charge is -2.48. The molecule has 56 heavy (non-hydrogen) atoms. The van der Waals surface area contributed by atoms with Gasteiger partial charge in [-0.15, -0.1) is 0 Å². The smallest absolute Gasteiger partial charge is 0.326 e. The molecule has 4 atom stereocenters. The van der Waals surface area contributed by atoms with Gasteiger partial charge in [0, 0.05) is 18.4 Å². The molecule has 2 amide bonds. The van der Waals surface area contributed by atoms with Gasteiger partial charge in [0.25, 0.3) is 0 Å². The van der Waals surface area contributed by atoms with Crippen molar-refractivity contribution in [1.29, 1.82) is 0 Å². The Morgan fingerprint density at radius 3 is 2.30 bits per heavy atom. The lowest BCUT2D eigenvalue weighted by atomic mass is 9.78. The van der Waals surface area contributed by atoms with Crippen LogP contribution in [0.2, 0.25) is 0 Å². The van der Waals surface area contributed by atoms with Crippen LogP contribution in [0, 0.1) is 17.7 Å². The van der Waals surface area contributed by atoms with E-state index in [1.165, 1.54) is 17.7 Å². The summed E-state index contributed by atoms with van der Waals surface area (Å²) in [6.45, 7) is 4.69. The lowest BCUT2D eigenvalue weighted by Crippen LogP contribution is -2.55. The van der Waals surface area contributed by atoms with Crippen molar-refractivity contribution in [3.8, 4) is 0 Å². The molecule has 11 nitrogen and oxygen atoms in total. The summed E-state index contributed by atoms with van der Waals surface area (Å²) in [5, 5.41) is 26.2. The molecular weight excluding hydrogens is 716 g/mol. The van der Waals surface area contributed by atoms with Crippen LogP contribution in [-0.4, -0.2) is 71.0 Å². The number of carboxylic acids is 1. The molecule has 3 aromatic carbocycles. The van der Waals surface area contributed by atoms with E-state index in [-0.39, 0.29) is 36.2 Å². The van der Waals surface area contributed by atoms with Crippen molar-refractivity contribution in [2.75, 3.05) is 36.6 Å². The van der Waals surface area contributed by atoms with Gasteiger partial charge in [0.2, 0.25) is 11.8 Å². The van der Waals surface area contributed by atoms with Crippen LogP contribution < -0.4 is 15.5 Å². The summed E-state index contributed by atoms with van der Waals surface area (Å²) in [6.07, 6.45) is 4.81. The predicted molar refractivity (Wildman–Crippen MR) is 210 cm³/mol. The highest BCUT2D eigenvalue weighted by atomic mass is 19.1. The number of aryl methyl sites for hydroxylation is 2. The van der Waals surface area contributed by atoms with Crippen molar-refractivity contribution < 1.29 is 38.5 Å². The molecule has 2 unspecified atom stereocenters. The maximum absolute atomic E-state index is 13.8. The number of aliphatic carboxylic acids is 1. The summed E-state index contributed by atoms with van der Waals surface area (Å²) in [5.41, 5.74) is 3.99. The van der Waals surface area contributed by atoms with Gasteiger partial charge < -0.3 is 35.2 Å². The fraction of sp³-hybridized carbons (Fsp3) is 0.409. The van der Waals surface area contributed by atoms with Gasteiger partial charge in [-0.05, 0) is 103 Å². The Morgan fingerprint density at radius 2 is 1.68 bits per heavy atom. The second-order valence-corrected chi connectivity index (χ2v) is 15.1. The van der Waals surface area contributed by atoms with Crippen LogP contribution >= 0.6 is 0 Å². The van der Waals surface area contributed by atoms with Gasteiger partial charge in [-0.3, -0.25) is 9.59 Å². The van der Waals surface area contributed by atoms with Crippen LogP contribution in [0.3, 0.4) is 0 Å². The molecule has 0 aliphatic carbocycles. The molecule has 2 aliphatic heterocycles. The van der Waals surface area contributed by atoms with E-state index >= 15 is 0 Å².